The summed E-state index contributed by atoms with van der Waals surface area (Å²) in [5.74, 6) is 0. The van der Waals surface area contributed by atoms with E-state index in [1.807, 2.05) is 17.8 Å². The quantitative estimate of drug-likeness (QED) is 0.509. The van der Waals surface area contributed by atoms with Crippen LogP contribution in [-0.4, -0.2) is 85.8 Å². The van der Waals surface area contributed by atoms with Gasteiger partial charge in [0.25, 0.3) is 0 Å². The van der Waals surface area contributed by atoms with Gasteiger partial charge in [0.2, 0.25) is 0 Å². The molecule has 0 atom stereocenters. The van der Waals surface area contributed by atoms with Crippen molar-refractivity contribution in [2.45, 2.75) is 32.9 Å². The van der Waals surface area contributed by atoms with Crippen LogP contribution in [0.2, 0.25) is 0 Å². The van der Waals surface area contributed by atoms with Crippen LogP contribution < -0.4 is 0 Å². The fourth-order valence-corrected chi connectivity index (χ4v) is 3.36. The second-order valence-electron chi connectivity index (χ2n) is 7.16. The lowest BCUT2D eigenvalue weighted by molar-refractivity contribution is -0.140. The molecule has 2 aliphatic rings. The Labute approximate surface area is 155 Å². The van der Waals surface area contributed by atoms with Gasteiger partial charge in [-0.15, -0.1) is 5.10 Å². The van der Waals surface area contributed by atoms with Gasteiger partial charge in [0.05, 0.1) is 58.5 Å². The van der Waals surface area contributed by atoms with Gasteiger partial charge in [-0.3, -0.25) is 4.90 Å². The molecule has 148 valence electrons. The number of ether oxygens (including phenoxy) is 4. The molecule has 2 saturated heterocycles. The Balaban J connectivity index is 1.23. The van der Waals surface area contributed by atoms with Crippen molar-refractivity contribution in [1.82, 2.24) is 19.9 Å². The van der Waals surface area contributed by atoms with Crippen molar-refractivity contribution in [2.75, 3.05) is 65.9 Å². The van der Waals surface area contributed by atoms with Gasteiger partial charge in [0.15, 0.2) is 0 Å². The molecule has 1 aromatic heterocycles. The van der Waals surface area contributed by atoms with Crippen LogP contribution in [0.25, 0.3) is 0 Å². The van der Waals surface area contributed by atoms with E-state index in [-0.39, 0.29) is 0 Å². The zero-order valence-electron chi connectivity index (χ0n) is 15.9. The van der Waals surface area contributed by atoms with Crippen LogP contribution in [0, 0.1) is 5.41 Å². The molecular formula is C18H32N4O4. The average Bonchev–Trinajstić information content (AvgIpc) is 3.07. The first-order valence-corrected chi connectivity index (χ1v) is 9.72. The van der Waals surface area contributed by atoms with E-state index in [9.17, 15) is 0 Å². The number of hydrogen-bond acceptors (Lipinski definition) is 7. The highest BCUT2D eigenvalue weighted by molar-refractivity contribution is 4.96. The molecular weight excluding hydrogens is 336 g/mol. The first kappa shape index (κ1) is 19.7. The summed E-state index contributed by atoms with van der Waals surface area (Å²) in [6.07, 6.45) is 4.50. The predicted octanol–water partition coefficient (Wildman–Crippen LogP) is 0.960. The van der Waals surface area contributed by atoms with Crippen molar-refractivity contribution < 1.29 is 18.9 Å². The van der Waals surface area contributed by atoms with Gasteiger partial charge in [0, 0.05) is 24.8 Å². The summed E-state index contributed by atoms with van der Waals surface area (Å²) in [5.41, 5.74) is 1.52. The molecule has 1 aromatic rings. The molecule has 26 heavy (non-hydrogen) atoms. The fraction of sp³-hybridized carbons (Fsp3) is 0.889. The molecule has 0 unspecified atom stereocenters. The van der Waals surface area contributed by atoms with E-state index in [2.05, 4.69) is 15.2 Å². The number of piperidine rings is 1. The maximum absolute atomic E-state index is 5.57. The molecule has 8 heteroatoms. The normalized spacial score (nSPS) is 19.7. The van der Waals surface area contributed by atoms with Crippen molar-refractivity contribution in [2.24, 2.45) is 5.41 Å². The monoisotopic (exact) mass is 368 g/mol. The highest BCUT2D eigenvalue weighted by atomic mass is 16.5. The highest BCUT2D eigenvalue weighted by Crippen LogP contribution is 2.38. The lowest BCUT2D eigenvalue weighted by atomic mass is 9.77. The van der Waals surface area contributed by atoms with Gasteiger partial charge in [-0.2, -0.15) is 0 Å². The van der Waals surface area contributed by atoms with Gasteiger partial charge in [0.1, 0.15) is 0 Å². The summed E-state index contributed by atoms with van der Waals surface area (Å²) in [6.45, 7) is 11.5. The number of hydrogen-bond donors (Lipinski definition) is 0. The Morgan fingerprint density at radius 2 is 1.73 bits per heavy atom. The van der Waals surface area contributed by atoms with E-state index in [1.54, 1.807) is 0 Å². The Bertz CT molecular complexity index is 511. The van der Waals surface area contributed by atoms with Crippen molar-refractivity contribution in [3.8, 4) is 0 Å². The zero-order valence-corrected chi connectivity index (χ0v) is 15.9. The molecule has 0 N–H and O–H groups in total. The molecule has 2 aliphatic heterocycles. The average molecular weight is 368 g/mol. The molecule has 0 aromatic carbocycles. The van der Waals surface area contributed by atoms with E-state index in [1.165, 1.54) is 12.8 Å². The Morgan fingerprint density at radius 1 is 1.04 bits per heavy atom. The summed E-state index contributed by atoms with van der Waals surface area (Å²) < 4.78 is 23.4. The van der Waals surface area contributed by atoms with Crippen molar-refractivity contribution in [3.05, 3.63) is 11.9 Å². The molecule has 0 saturated carbocycles. The molecule has 0 radical (unpaired) electrons. The molecule has 0 amide bonds. The van der Waals surface area contributed by atoms with Gasteiger partial charge in [-0.25, -0.2) is 4.68 Å². The van der Waals surface area contributed by atoms with Gasteiger partial charge in [-0.1, -0.05) is 5.21 Å². The van der Waals surface area contributed by atoms with E-state index in [0.717, 1.165) is 45.1 Å². The molecule has 2 fully saturated rings. The van der Waals surface area contributed by atoms with Gasteiger partial charge in [-0.05, 0) is 32.9 Å². The summed E-state index contributed by atoms with van der Waals surface area (Å²) in [6, 6.07) is 0. The summed E-state index contributed by atoms with van der Waals surface area (Å²) in [5, 5.41) is 8.49. The standard InChI is InChI=1S/C18H32N4O4/c1-2-23-9-10-25-12-11-24-8-7-22-14-17(19-20-22)13-21-5-3-18(4-6-21)15-26-16-18/h14H,2-13,15-16H2,1H3. The van der Waals surface area contributed by atoms with Crippen LogP contribution in [0.5, 0.6) is 0 Å². The van der Waals surface area contributed by atoms with Gasteiger partial charge < -0.3 is 18.9 Å². The topological polar surface area (TPSA) is 70.9 Å². The van der Waals surface area contributed by atoms with E-state index in [4.69, 9.17) is 18.9 Å². The maximum Gasteiger partial charge on any atom is 0.0967 e. The number of aromatic nitrogens is 3. The van der Waals surface area contributed by atoms with Crippen LogP contribution in [0.1, 0.15) is 25.5 Å². The molecule has 1 spiro atoms. The third-order valence-corrected chi connectivity index (χ3v) is 5.12. The Morgan fingerprint density at radius 3 is 2.38 bits per heavy atom. The molecule has 3 heterocycles. The Hall–Kier alpha value is -1.06. The SMILES string of the molecule is CCOCCOCCOCCn1cc(CN2CCC3(CC2)COC3)nn1. The van der Waals surface area contributed by atoms with Crippen LogP contribution >= 0.6 is 0 Å². The summed E-state index contributed by atoms with van der Waals surface area (Å²) in [7, 11) is 0. The molecule has 0 aliphatic carbocycles. The minimum atomic E-state index is 0.484. The maximum atomic E-state index is 5.57. The fourth-order valence-electron chi connectivity index (χ4n) is 3.36. The van der Waals surface area contributed by atoms with Crippen LogP contribution in [0.4, 0.5) is 0 Å². The van der Waals surface area contributed by atoms with E-state index in [0.29, 0.717) is 45.0 Å². The predicted molar refractivity (Wildman–Crippen MR) is 95.9 cm³/mol. The zero-order chi connectivity index (χ0) is 18.1. The van der Waals surface area contributed by atoms with Gasteiger partial charge >= 0.3 is 0 Å². The smallest absolute Gasteiger partial charge is 0.0967 e. The molecule has 0 bridgehead atoms. The lowest BCUT2D eigenvalue weighted by Crippen LogP contribution is -2.50. The third-order valence-electron chi connectivity index (χ3n) is 5.12. The molecule has 8 nitrogen and oxygen atoms in total. The van der Waals surface area contributed by atoms with Crippen LogP contribution in [0.3, 0.4) is 0 Å². The second kappa shape index (κ2) is 10.3. The van der Waals surface area contributed by atoms with E-state index >= 15 is 0 Å². The largest absolute Gasteiger partial charge is 0.380 e. The van der Waals surface area contributed by atoms with Crippen LogP contribution in [0.15, 0.2) is 6.20 Å². The molecule has 3 rings (SSSR count). The van der Waals surface area contributed by atoms with Crippen LogP contribution in [-0.2, 0) is 32.0 Å². The first-order valence-electron chi connectivity index (χ1n) is 9.72. The highest BCUT2D eigenvalue weighted by Gasteiger charge is 2.41. The van der Waals surface area contributed by atoms with Crippen molar-refractivity contribution in [3.63, 3.8) is 0 Å². The number of rotatable bonds is 12. The first-order chi connectivity index (χ1) is 12.8. The number of nitrogens with zero attached hydrogens (tertiary/aromatic N) is 4. The Kier molecular flexibility index (Phi) is 7.82. The lowest BCUT2D eigenvalue weighted by Gasteiger charge is -2.47. The van der Waals surface area contributed by atoms with E-state index < -0.39 is 0 Å². The third kappa shape index (κ3) is 5.99. The summed E-state index contributed by atoms with van der Waals surface area (Å²) in [4.78, 5) is 2.47. The second-order valence-corrected chi connectivity index (χ2v) is 7.16. The minimum absolute atomic E-state index is 0.484. The van der Waals surface area contributed by atoms with Crippen molar-refractivity contribution >= 4 is 0 Å². The van der Waals surface area contributed by atoms with Crippen molar-refractivity contribution in [1.29, 1.82) is 0 Å². The number of likely N-dealkylation sites (tertiary alicyclic amines) is 1. The summed E-state index contributed by atoms with van der Waals surface area (Å²) >= 11 is 0. The minimum Gasteiger partial charge on any atom is -0.380 e.